The largest absolute Gasteiger partial charge is 0.446 e. The van der Waals surface area contributed by atoms with Gasteiger partial charge in [0.2, 0.25) is 11.0 Å². The Morgan fingerprint density at radius 1 is 1.33 bits per heavy atom. The molecule has 0 spiro atoms. The third kappa shape index (κ3) is 0.975. The van der Waals surface area contributed by atoms with Crippen molar-refractivity contribution >= 4 is 22.7 Å². The van der Waals surface area contributed by atoms with Crippen LogP contribution in [0.2, 0.25) is 5.28 Å². The Hall–Kier alpha value is -1.09. The zero-order valence-corrected chi connectivity index (χ0v) is 7.51. The van der Waals surface area contributed by atoms with Gasteiger partial charge in [0.25, 0.3) is 0 Å². The minimum absolute atomic E-state index is 0.231. The van der Waals surface area contributed by atoms with E-state index < -0.39 is 0 Å². The summed E-state index contributed by atoms with van der Waals surface area (Å²) in [5.41, 5.74) is 2.46. The van der Waals surface area contributed by atoms with Gasteiger partial charge in [0, 0.05) is 0 Å². The number of rotatable bonds is 0. The Morgan fingerprint density at radius 2 is 2.08 bits per heavy atom. The van der Waals surface area contributed by atoms with Crippen LogP contribution in [0.3, 0.4) is 0 Å². The molecule has 2 aromatic rings. The van der Waals surface area contributed by atoms with Gasteiger partial charge in [0.05, 0.1) is 17.3 Å². The number of hydrogen-bond donors (Lipinski definition) is 0. The maximum atomic E-state index is 5.65. The lowest BCUT2D eigenvalue weighted by atomic mass is 10.2. The van der Waals surface area contributed by atoms with Crippen LogP contribution >= 0.6 is 11.6 Å². The lowest BCUT2D eigenvalue weighted by Gasteiger charge is -1.94. The highest BCUT2D eigenvalue weighted by atomic mass is 35.5. The Morgan fingerprint density at radius 3 is 2.83 bits per heavy atom. The van der Waals surface area contributed by atoms with Gasteiger partial charge < -0.3 is 4.42 Å². The van der Waals surface area contributed by atoms with E-state index in [2.05, 4.69) is 9.97 Å². The summed E-state index contributed by atoms with van der Waals surface area (Å²) in [5, 5.41) is 1.19. The van der Waals surface area contributed by atoms with E-state index in [1.807, 2.05) is 13.8 Å². The summed E-state index contributed by atoms with van der Waals surface area (Å²) in [7, 11) is 0. The van der Waals surface area contributed by atoms with Crippen LogP contribution in [0.1, 0.15) is 11.3 Å². The number of furan rings is 1. The molecule has 0 unspecified atom stereocenters. The molecule has 3 nitrogen and oxygen atoms in total. The van der Waals surface area contributed by atoms with E-state index in [1.54, 1.807) is 6.26 Å². The molecule has 0 fully saturated rings. The molecule has 62 valence electrons. The molecular weight excluding hydrogens is 176 g/mol. The van der Waals surface area contributed by atoms with E-state index in [9.17, 15) is 0 Å². The van der Waals surface area contributed by atoms with E-state index in [4.69, 9.17) is 16.0 Å². The van der Waals surface area contributed by atoms with Crippen molar-refractivity contribution in [2.45, 2.75) is 13.8 Å². The maximum Gasteiger partial charge on any atom is 0.230 e. The first-order chi connectivity index (χ1) is 5.68. The Bertz CT molecular complexity index is 436. The molecule has 0 aliphatic heterocycles. The van der Waals surface area contributed by atoms with Gasteiger partial charge in [-0.1, -0.05) is 0 Å². The highest BCUT2D eigenvalue weighted by Crippen LogP contribution is 2.22. The number of nitrogens with zero attached hydrogens (tertiary/aromatic N) is 2. The number of fused-ring (bicyclic) bond motifs is 1. The van der Waals surface area contributed by atoms with Crippen molar-refractivity contribution in [2.24, 2.45) is 0 Å². The number of halogens is 1. The normalized spacial score (nSPS) is 10.9. The predicted octanol–water partition coefficient (Wildman–Crippen LogP) is 2.49. The fourth-order valence-corrected chi connectivity index (χ4v) is 1.46. The molecule has 0 aliphatic rings. The third-order valence-electron chi connectivity index (χ3n) is 1.77. The van der Waals surface area contributed by atoms with Crippen LogP contribution in [0, 0.1) is 13.8 Å². The molecule has 2 heterocycles. The van der Waals surface area contributed by atoms with E-state index in [-0.39, 0.29) is 5.28 Å². The van der Waals surface area contributed by atoms with Crippen LogP contribution in [0.25, 0.3) is 11.1 Å². The monoisotopic (exact) mass is 182 g/mol. The van der Waals surface area contributed by atoms with Crippen LogP contribution in [0.4, 0.5) is 0 Å². The second-order valence-corrected chi connectivity index (χ2v) is 3.01. The first-order valence-corrected chi connectivity index (χ1v) is 3.94. The van der Waals surface area contributed by atoms with Crippen LogP contribution in [-0.2, 0) is 0 Å². The van der Waals surface area contributed by atoms with Gasteiger partial charge in [0.15, 0.2) is 0 Å². The molecule has 0 bridgehead atoms. The average molecular weight is 183 g/mol. The highest BCUT2D eigenvalue weighted by molar-refractivity contribution is 6.28. The molecule has 0 saturated carbocycles. The lowest BCUT2D eigenvalue weighted by molar-refractivity contribution is 0.599. The molecule has 0 radical (unpaired) electrons. The van der Waals surface area contributed by atoms with Crippen LogP contribution in [0.5, 0.6) is 0 Å². The van der Waals surface area contributed by atoms with Crippen molar-refractivity contribution in [1.82, 2.24) is 9.97 Å². The van der Waals surface area contributed by atoms with E-state index in [0.29, 0.717) is 5.71 Å². The molecule has 0 aliphatic carbocycles. The summed E-state index contributed by atoms with van der Waals surface area (Å²) >= 11 is 5.65. The van der Waals surface area contributed by atoms with Gasteiger partial charge >= 0.3 is 0 Å². The zero-order chi connectivity index (χ0) is 8.72. The van der Waals surface area contributed by atoms with Crippen molar-refractivity contribution in [1.29, 1.82) is 0 Å². The van der Waals surface area contributed by atoms with Crippen molar-refractivity contribution < 1.29 is 4.42 Å². The first-order valence-electron chi connectivity index (χ1n) is 3.56. The first kappa shape index (κ1) is 7.55. The van der Waals surface area contributed by atoms with Gasteiger partial charge in [-0.3, -0.25) is 0 Å². The SMILES string of the molecule is Cc1coc2nc(Cl)nc(C)c12. The second kappa shape index (κ2) is 2.45. The Kier molecular flexibility index (Phi) is 1.54. The van der Waals surface area contributed by atoms with Gasteiger partial charge in [-0.05, 0) is 31.0 Å². The van der Waals surface area contributed by atoms with Gasteiger partial charge in [-0.25, -0.2) is 4.98 Å². The van der Waals surface area contributed by atoms with Gasteiger partial charge in [-0.2, -0.15) is 4.98 Å². The van der Waals surface area contributed by atoms with Gasteiger partial charge in [0.1, 0.15) is 0 Å². The quantitative estimate of drug-likeness (QED) is 0.588. The molecule has 2 rings (SSSR count). The minimum Gasteiger partial charge on any atom is -0.446 e. The number of hydrogen-bond acceptors (Lipinski definition) is 3. The molecule has 2 aromatic heterocycles. The van der Waals surface area contributed by atoms with Crippen molar-refractivity contribution in [2.75, 3.05) is 0 Å². The summed E-state index contributed by atoms with van der Waals surface area (Å²) in [6.45, 7) is 3.84. The van der Waals surface area contributed by atoms with Crippen LogP contribution in [-0.4, -0.2) is 9.97 Å². The summed E-state index contributed by atoms with van der Waals surface area (Å²) in [4.78, 5) is 7.97. The van der Waals surface area contributed by atoms with Crippen LogP contribution < -0.4 is 0 Å². The maximum absolute atomic E-state index is 5.65. The van der Waals surface area contributed by atoms with Crippen LogP contribution in [0.15, 0.2) is 10.7 Å². The lowest BCUT2D eigenvalue weighted by Crippen LogP contribution is -1.87. The second-order valence-electron chi connectivity index (χ2n) is 2.68. The van der Waals surface area contributed by atoms with E-state index >= 15 is 0 Å². The molecule has 12 heavy (non-hydrogen) atoms. The fourth-order valence-electron chi connectivity index (χ4n) is 1.26. The Labute approximate surface area is 74.4 Å². The molecular formula is C8H7ClN2O. The summed E-state index contributed by atoms with van der Waals surface area (Å²) in [6, 6.07) is 0. The van der Waals surface area contributed by atoms with Crippen molar-refractivity contribution in [3.05, 3.63) is 22.8 Å². The standard InChI is InChI=1S/C8H7ClN2O/c1-4-3-12-7-6(4)5(2)10-8(9)11-7/h3H,1-2H3. The minimum atomic E-state index is 0.231. The highest BCUT2D eigenvalue weighted by Gasteiger charge is 2.08. The average Bonchev–Trinajstić information content (AvgIpc) is 2.31. The molecule has 0 saturated heterocycles. The molecule has 0 aromatic carbocycles. The van der Waals surface area contributed by atoms with E-state index in [0.717, 1.165) is 16.6 Å². The van der Waals surface area contributed by atoms with Crippen molar-refractivity contribution in [3.63, 3.8) is 0 Å². The molecule has 4 heteroatoms. The summed E-state index contributed by atoms with van der Waals surface area (Å²) in [5.74, 6) is 0. The number of aromatic nitrogens is 2. The third-order valence-corrected chi connectivity index (χ3v) is 1.94. The molecule has 0 amide bonds. The number of aryl methyl sites for hydroxylation is 2. The summed E-state index contributed by atoms with van der Waals surface area (Å²) < 4.78 is 5.17. The smallest absolute Gasteiger partial charge is 0.230 e. The van der Waals surface area contributed by atoms with Crippen molar-refractivity contribution in [3.8, 4) is 0 Å². The van der Waals surface area contributed by atoms with Gasteiger partial charge in [-0.15, -0.1) is 0 Å². The Balaban J connectivity index is 2.93. The zero-order valence-electron chi connectivity index (χ0n) is 6.76. The molecule has 0 atom stereocenters. The summed E-state index contributed by atoms with van der Waals surface area (Å²) in [6.07, 6.45) is 1.66. The fraction of sp³-hybridized carbons (Fsp3) is 0.250. The predicted molar refractivity (Wildman–Crippen MR) is 46.3 cm³/mol. The van der Waals surface area contributed by atoms with E-state index in [1.165, 1.54) is 0 Å². The molecule has 0 N–H and O–H groups in total. The topological polar surface area (TPSA) is 38.9 Å².